The molecule has 0 radical (unpaired) electrons. The second kappa shape index (κ2) is 7.95. The molecule has 2 heterocycles. The van der Waals surface area contributed by atoms with Crippen LogP contribution in [0.2, 0.25) is 0 Å². The molecule has 0 bridgehead atoms. The van der Waals surface area contributed by atoms with Crippen molar-refractivity contribution >= 4 is 5.91 Å². The molecule has 23 heavy (non-hydrogen) atoms. The Bertz CT molecular complexity index is 481. The molecule has 1 aromatic heterocycles. The second-order valence-corrected chi connectivity index (χ2v) is 7.03. The number of hydrogen-bond donors (Lipinski definition) is 2. The van der Waals surface area contributed by atoms with Crippen LogP contribution in [0.25, 0.3) is 0 Å². The van der Waals surface area contributed by atoms with Gasteiger partial charge in [-0.1, -0.05) is 0 Å². The molecule has 1 saturated heterocycles. The van der Waals surface area contributed by atoms with Gasteiger partial charge in [-0.3, -0.25) is 9.69 Å². The van der Waals surface area contributed by atoms with E-state index in [1.807, 2.05) is 31.7 Å². The van der Waals surface area contributed by atoms with E-state index in [1.54, 1.807) is 12.3 Å². The van der Waals surface area contributed by atoms with Gasteiger partial charge in [0.05, 0.1) is 37.2 Å². The number of aliphatic hydroxyl groups excluding tert-OH is 1. The molecule has 1 aliphatic heterocycles. The number of ether oxygens (including phenoxy) is 1. The van der Waals surface area contributed by atoms with Gasteiger partial charge in [0.25, 0.3) is 0 Å². The Hall–Kier alpha value is -1.37. The minimum Gasteiger partial charge on any atom is -0.467 e. The van der Waals surface area contributed by atoms with Crippen LogP contribution in [-0.4, -0.2) is 53.4 Å². The number of rotatable bonds is 7. The Kier molecular flexibility index (Phi) is 6.21. The molecule has 2 rings (SSSR count). The van der Waals surface area contributed by atoms with Crippen molar-refractivity contribution in [2.75, 3.05) is 19.7 Å². The van der Waals surface area contributed by atoms with Gasteiger partial charge in [0.2, 0.25) is 5.91 Å². The molecule has 1 aliphatic rings. The van der Waals surface area contributed by atoms with Gasteiger partial charge < -0.3 is 19.6 Å². The predicted molar refractivity (Wildman–Crippen MR) is 86.9 cm³/mol. The van der Waals surface area contributed by atoms with Crippen LogP contribution in [0, 0.1) is 0 Å². The molecule has 2 atom stereocenters. The van der Waals surface area contributed by atoms with E-state index >= 15 is 0 Å². The van der Waals surface area contributed by atoms with Crippen molar-refractivity contribution < 1.29 is 19.1 Å². The molecule has 130 valence electrons. The van der Waals surface area contributed by atoms with Crippen molar-refractivity contribution in [2.24, 2.45) is 0 Å². The second-order valence-electron chi connectivity index (χ2n) is 7.03. The zero-order valence-corrected chi connectivity index (χ0v) is 14.2. The molecule has 0 unspecified atom stereocenters. The highest BCUT2D eigenvalue weighted by Crippen LogP contribution is 2.18. The monoisotopic (exact) mass is 324 g/mol. The minimum absolute atomic E-state index is 0.0113. The summed E-state index contributed by atoms with van der Waals surface area (Å²) in [6.45, 7) is 7.83. The average molecular weight is 324 g/mol. The first-order valence-electron chi connectivity index (χ1n) is 8.21. The molecular weight excluding hydrogens is 296 g/mol. The van der Waals surface area contributed by atoms with Crippen molar-refractivity contribution in [1.82, 2.24) is 10.2 Å². The maximum absolute atomic E-state index is 12.3. The van der Waals surface area contributed by atoms with Crippen LogP contribution in [0.1, 0.15) is 39.4 Å². The van der Waals surface area contributed by atoms with Gasteiger partial charge in [-0.05, 0) is 52.3 Å². The van der Waals surface area contributed by atoms with E-state index in [4.69, 9.17) is 9.15 Å². The summed E-state index contributed by atoms with van der Waals surface area (Å²) in [7, 11) is 0. The number of carbonyl (C=O) groups is 1. The lowest BCUT2D eigenvalue weighted by molar-refractivity contribution is -0.126. The maximum Gasteiger partial charge on any atom is 0.237 e. The largest absolute Gasteiger partial charge is 0.467 e. The lowest BCUT2D eigenvalue weighted by Crippen LogP contribution is -2.46. The summed E-state index contributed by atoms with van der Waals surface area (Å²) in [6, 6.07) is 3.45. The van der Waals surface area contributed by atoms with Crippen molar-refractivity contribution in [1.29, 1.82) is 0 Å². The zero-order valence-electron chi connectivity index (χ0n) is 14.2. The minimum atomic E-state index is -0.590. The normalized spacial score (nSPS) is 20.6. The first kappa shape index (κ1) is 18.0. The molecule has 2 N–H and O–H groups in total. The fraction of sp³-hybridized carbons (Fsp3) is 0.706. The fourth-order valence-electron chi connectivity index (χ4n) is 2.72. The first-order valence-corrected chi connectivity index (χ1v) is 8.21. The Labute approximate surface area is 137 Å². The number of amides is 1. The van der Waals surface area contributed by atoms with Crippen LogP contribution < -0.4 is 5.32 Å². The number of β-amino-alcohol motifs (C(OH)–C–C–N with tert-alkyl or cyclic N) is 1. The van der Waals surface area contributed by atoms with Gasteiger partial charge in [-0.2, -0.15) is 0 Å². The Morgan fingerprint density at radius 3 is 3.00 bits per heavy atom. The summed E-state index contributed by atoms with van der Waals surface area (Å²) in [6.07, 6.45) is 2.78. The number of hydrogen-bond acceptors (Lipinski definition) is 5. The number of nitrogens with zero attached hydrogens (tertiary/aromatic N) is 1. The summed E-state index contributed by atoms with van der Waals surface area (Å²) in [5, 5.41) is 13.0. The van der Waals surface area contributed by atoms with Gasteiger partial charge in [-0.15, -0.1) is 0 Å². The zero-order chi connectivity index (χ0) is 16.9. The van der Waals surface area contributed by atoms with Crippen molar-refractivity contribution in [2.45, 2.75) is 57.9 Å². The third kappa shape index (κ3) is 5.97. The lowest BCUT2D eigenvalue weighted by Gasteiger charge is -2.27. The average Bonchev–Trinajstić information content (AvgIpc) is 3.13. The summed E-state index contributed by atoms with van der Waals surface area (Å²) in [4.78, 5) is 14.4. The van der Waals surface area contributed by atoms with E-state index in [-0.39, 0.29) is 24.2 Å². The highest BCUT2D eigenvalue weighted by molar-refractivity contribution is 5.81. The van der Waals surface area contributed by atoms with Crippen LogP contribution in [0.15, 0.2) is 22.8 Å². The quantitative estimate of drug-likeness (QED) is 0.796. The van der Waals surface area contributed by atoms with E-state index in [9.17, 15) is 9.90 Å². The van der Waals surface area contributed by atoms with Gasteiger partial charge in [-0.25, -0.2) is 0 Å². The Morgan fingerprint density at radius 1 is 1.57 bits per heavy atom. The van der Waals surface area contributed by atoms with Crippen molar-refractivity contribution in [3.63, 3.8) is 0 Å². The highest BCUT2D eigenvalue weighted by Gasteiger charge is 2.32. The molecule has 0 aliphatic carbocycles. The number of furan rings is 1. The predicted octanol–water partition coefficient (Wildman–Crippen LogP) is 1.54. The molecular formula is C17H28N2O4. The number of nitrogens with one attached hydrogen (secondary N) is 1. The number of carbonyl (C=O) groups excluding carboxylic acids is 1. The van der Waals surface area contributed by atoms with Crippen LogP contribution in [0.4, 0.5) is 0 Å². The summed E-state index contributed by atoms with van der Waals surface area (Å²) >= 11 is 0. The number of aliphatic hydroxyl groups is 1. The van der Waals surface area contributed by atoms with Crippen molar-refractivity contribution in [3.8, 4) is 0 Å². The molecule has 6 nitrogen and oxygen atoms in total. The van der Waals surface area contributed by atoms with Gasteiger partial charge in [0, 0.05) is 6.54 Å². The van der Waals surface area contributed by atoms with Crippen LogP contribution in [-0.2, 0) is 16.1 Å². The third-order valence-electron chi connectivity index (χ3n) is 3.84. The van der Waals surface area contributed by atoms with Crippen LogP contribution in [0.5, 0.6) is 0 Å². The summed E-state index contributed by atoms with van der Waals surface area (Å²) < 4.78 is 10.8. The molecule has 6 heteroatoms. The summed E-state index contributed by atoms with van der Waals surface area (Å²) in [5.74, 6) is 0.726. The maximum atomic E-state index is 12.3. The van der Waals surface area contributed by atoms with Gasteiger partial charge >= 0.3 is 0 Å². The highest BCUT2D eigenvalue weighted by atomic mass is 16.5. The lowest BCUT2D eigenvalue weighted by atomic mass is 10.2. The van der Waals surface area contributed by atoms with E-state index in [0.717, 1.165) is 25.1 Å². The van der Waals surface area contributed by atoms with E-state index in [0.29, 0.717) is 13.1 Å². The smallest absolute Gasteiger partial charge is 0.237 e. The molecule has 0 saturated carbocycles. The first-order chi connectivity index (χ1) is 10.8. The topological polar surface area (TPSA) is 74.9 Å². The standard InChI is InChI=1S/C17H28N2O4/c1-17(2,3)23-12-13(20)11-19-8-4-7-15(19)16(21)18-10-14-6-5-9-22-14/h5-6,9,13,15,20H,4,7-8,10-12H2,1-3H3,(H,18,21)/t13-,15-/m1/s1. The third-order valence-corrected chi connectivity index (χ3v) is 3.84. The van der Waals surface area contributed by atoms with E-state index < -0.39 is 6.10 Å². The van der Waals surface area contributed by atoms with Crippen LogP contribution >= 0.6 is 0 Å². The van der Waals surface area contributed by atoms with E-state index in [2.05, 4.69) is 5.32 Å². The van der Waals surface area contributed by atoms with Crippen molar-refractivity contribution in [3.05, 3.63) is 24.2 Å². The van der Waals surface area contributed by atoms with E-state index in [1.165, 1.54) is 0 Å². The molecule has 1 aromatic rings. The molecule has 0 aromatic carbocycles. The summed E-state index contributed by atoms with van der Waals surface area (Å²) in [5.41, 5.74) is -0.272. The van der Waals surface area contributed by atoms with Gasteiger partial charge in [0.1, 0.15) is 5.76 Å². The molecule has 1 amide bonds. The Morgan fingerprint density at radius 2 is 2.35 bits per heavy atom. The Balaban J connectivity index is 1.78. The SMILES string of the molecule is CC(C)(C)OC[C@H](O)CN1CCC[C@@H]1C(=O)NCc1ccco1. The molecule has 1 fully saturated rings. The fourth-order valence-corrected chi connectivity index (χ4v) is 2.72. The van der Waals surface area contributed by atoms with Gasteiger partial charge in [0.15, 0.2) is 0 Å². The van der Waals surface area contributed by atoms with Crippen LogP contribution in [0.3, 0.4) is 0 Å². The number of likely N-dealkylation sites (tertiary alicyclic amines) is 1. The molecule has 0 spiro atoms.